The molecular weight excluding hydrogens is 260 g/mol. The van der Waals surface area contributed by atoms with E-state index in [1.807, 2.05) is 24.3 Å². The molecule has 116 valence electrons. The van der Waals surface area contributed by atoms with Crippen LogP contribution in [0.15, 0.2) is 24.3 Å². The molecule has 0 saturated heterocycles. The Morgan fingerprint density at radius 2 is 1.76 bits per heavy atom. The second-order valence-electron chi connectivity index (χ2n) is 7.42. The second kappa shape index (κ2) is 6.18. The maximum Gasteiger partial charge on any atom is 0.251 e. The lowest BCUT2D eigenvalue weighted by atomic mass is 9.86. The molecule has 1 aromatic rings. The van der Waals surface area contributed by atoms with Crippen molar-refractivity contribution in [2.75, 3.05) is 13.1 Å². The van der Waals surface area contributed by atoms with Gasteiger partial charge in [-0.25, -0.2) is 0 Å². The quantitative estimate of drug-likeness (QED) is 0.893. The third-order valence-corrected chi connectivity index (χ3v) is 4.73. The van der Waals surface area contributed by atoms with Gasteiger partial charge in [-0.2, -0.15) is 0 Å². The van der Waals surface area contributed by atoms with Crippen molar-refractivity contribution >= 4 is 5.91 Å². The molecule has 3 N–H and O–H groups in total. The topological polar surface area (TPSA) is 55.1 Å². The van der Waals surface area contributed by atoms with Crippen LogP contribution in [0.5, 0.6) is 0 Å². The van der Waals surface area contributed by atoms with Gasteiger partial charge in [0.15, 0.2) is 0 Å². The number of hydrogen-bond donors (Lipinski definition) is 2. The highest BCUT2D eigenvalue weighted by atomic mass is 16.1. The number of carbonyl (C=O) groups excluding carboxylic acids is 1. The first-order chi connectivity index (χ1) is 9.86. The van der Waals surface area contributed by atoms with E-state index in [0.29, 0.717) is 13.1 Å². The van der Waals surface area contributed by atoms with E-state index in [0.717, 1.165) is 18.4 Å². The van der Waals surface area contributed by atoms with E-state index in [1.54, 1.807) is 0 Å². The molecule has 1 saturated carbocycles. The minimum Gasteiger partial charge on any atom is -0.351 e. The summed E-state index contributed by atoms with van der Waals surface area (Å²) in [6, 6.07) is 7.92. The number of amides is 1. The molecule has 0 bridgehead atoms. The Kier molecular flexibility index (Phi) is 4.72. The van der Waals surface area contributed by atoms with Crippen LogP contribution in [0.3, 0.4) is 0 Å². The van der Waals surface area contributed by atoms with Gasteiger partial charge in [-0.3, -0.25) is 4.79 Å². The summed E-state index contributed by atoms with van der Waals surface area (Å²) in [5, 5.41) is 3.07. The molecule has 0 aliphatic heterocycles. The smallest absolute Gasteiger partial charge is 0.251 e. The van der Waals surface area contributed by atoms with E-state index >= 15 is 0 Å². The number of rotatable bonds is 4. The molecule has 0 aromatic heterocycles. The predicted octanol–water partition coefficient (Wildman–Crippen LogP) is 3.23. The number of nitrogens with two attached hydrogens (primary N) is 1. The molecule has 3 nitrogen and oxygen atoms in total. The van der Waals surface area contributed by atoms with Crippen molar-refractivity contribution in [1.29, 1.82) is 0 Å². The first-order valence-electron chi connectivity index (χ1n) is 7.95. The normalized spacial score (nSPS) is 17.7. The van der Waals surface area contributed by atoms with Gasteiger partial charge in [0, 0.05) is 12.1 Å². The Balaban J connectivity index is 1.97. The van der Waals surface area contributed by atoms with E-state index in [-0.39, 0.29) is 16.7 Å². The van der Waals surface area contributed by atoms with Crippen LogP contribution in [0.1, 0.15) is 62.4 Å². The maximum atomic E-state index is 12.3. The molecule has 0 radical (unpaired) electrons. The molecule has 1 aliphatic rings. The average Bonchev–Trinajstić information content (AvgIpc) is 2.93. The molecule has 21 heavy (non-hydrogen) atoms. The maximum absolute atomic E-state index is 12.3. The standard InChI is InChI=1S/C18H28N2O/c1-17(2,3)15-8-6-14(7-9-15)16(21)20-13-18(12-19)10-4-5-11-18/h6-9H,4-5,10-13,19H2,1-3H3,(H,20,21). The molecule has 0 unspecified atom stereocenters. The van der Waals surface area contributed by atoms with Gasteiger partial charge >= 0.3 is 0 Å². The van der Waals surface area contributed by atoms with Crippen molar-refractivity contribution in [1.82, 2.24) is 5.32 Å². The van der Waals surface area contributed by atoms with Crippen molar-refractivity contribution in [2.24, 2.45) is 11.1 Å². The molecular formula is C18H28N2O. The van der Waals surface area contributed by atoms with Crippen LogP contribution >= 0.6 is 0 Å². The third kappa shape index (κ3) is 3.85. The van der Waals surface area contributed by atoms with Crippen LogP contribution in [0.25, 0.3) is 0 Å². The Morgan fingerprint density at radius 1 is 1.19 bits per heavy atom. The van der Waals surface area contributed by atoms with Crippen molar-refractivity contribution in [3.8, 4) is 0 Å². The molecule has 3 heteroatoms. The molecule has 0 spiro atoms. The zero-order chi connectivity index (χ0) is 15.5. The van der Waals surface area contributed by atoms with Crippen LogP contribution in [0.2, 0.25) is 0 Å². The van der Waals surface area contributed by atoms with E-state index in [9.17, 15) is 4.79 Å². The fourth-order valence-electron chi connectivity index (χ4n) is 3.07. The minimum absolute atomic E-state index is 0.00943. The van der Waals surface area contributed by atoms with Crippen LogP contribution in [0.4, 0.5) is 0 Å². The Labute approximate surface area is 128 Å². The average molecular weight is 288 g/mol. The van der Waals surface area contributed by atoms with Gasteiger partial charge < -0.3 is 11.1 Å². The summed E-state index contributed by atoms with van der Waals surface area (Å²) in [5.74, 6) is 0.00943. The Hall–Kier alpha value is -1.35. The molecule has 0 atom stereocenters. The molecule has 1 aliphatic carbocycles. The van der Waals surface area contributed by atoms with Crippen molar-refractivity contribution in [3.05, 3.63) is 35.4 Å². The van der Waals surface area contributed by atoms with E-state index in [2.05, 4.69) is 26.1 Å². The summed E-state index contributed by atoms with van der Waals surface area (Å²) >= 11 is 0. The molecule has 1 amide bonds. The number of nitrogens with one attached hydrogen (secondary N) is 1. The number of benzene rings is 1. The summed E-state index contributed by atoms with van der Waals surface area (Å²) in [7, 11) is 0. The SMILES string of the molecule is CC(C)(C)c1ccc(C(=O)NCC2(CN)CCCC2)cc1. The zero-order valence-electron chi connectivity index (χ0n) is 13.5. The first-order valence-corrected chi connectivity index (χ1v) is 7.95. The summed E-state index contributed by atoms with van der Waals surface area (Å²) in [4.78, 5) is 12.3. The molecule has 2 rings (SSSR count). The highest BCUT2D eigenvalue weighted by Gasteiger charge is 2.32. The minimum atomic E-state index is 0.00943. The zero-order valence-corrected chi connectivity index (χ0v) is 13.5. The molecule has 1 fully saturated rings. The van der Waals surface area contributed by atoms with Crippen molar-refractivity contribution in [3.63, 3.8) is 0 Å². The van der Waals surface area contributed by atoms with E-state index in [1.165, 1.54) is 18.4 Å². The number of carbonyl (C=O) groups is 1. The van der Waals surface area contributed by atoms with Crippen molar-refractivity contribution < 1.29 is 4.79 Å². The fraction of sp³-hybridized carbons (Fsp3) is 0.611. The summed E-state index contributed by atoms with van der Waals surface area (Å²) in [5.41, 5.74) is 8.12. The first kappa shape index (κ1) is 16.0. The molecule has 0 heterocycles. The lowest BCUT2D eigenvalue weighted by Gasteiger charge is -2.27. The Morgan fingerprint density at radius 3 is 2.24 bits per heavy atom. The fourth-order valence-corrected chi connectivity index (χ4v) is 3.07. The van der Waals surface area contributed by atoms with E-state index in [4.69, 9.17) is 5.73 Å². The van der Waals surface area contributed by atoms with Crippen LogP contribution in [-0.4, -0.2) is 19.0 Å². The third-order valence-electron chi connectivity index (χ3n) is 4.73. The Bertz CT molecular complexity index is 479. The van der Waals surface area contributed by atoms with Gasteiger partial charge in [-0.05, 0) is 47.9 Å². The second-order valence-corrected chi connectivity index (χ2v) is 7.42. The largest absolute Gasteiger partial charge is 0.351 e. The summed E-state index contributed by atoms with van der Waals surface area (Å²) < 4.78 is 0. The van der Waals surface area contributed by atoms with Gasteiger partial charge in [0.2, 0.25) is 0 Å². The predicted molar refractivity (Wildman–Crippen MR) is 87.4 cm³/mol. The molecule has 1 aromatic carbocycles. The van der Waals surface area contributed by atoms with Gasteiger partial charge in [0.25, 0.3) is 5.91 Å². The van der Waals surface area contributed by atoms with Gasteiger partial charge in [0.05, 0.1) is 0 Å². The lowest BCUT2D eigenvalue weighted by Crippen LogP contribution is -2.40. The highest BCUT2D eigenvalue weighted by molar-refractivity contribution is 5.94. The van der Waals surface area contributed by atoms with Crippen LogP contribution < -0.4 is 11.1 Å². The summed E-state index contributed by atoms with van der Waals surface area (Å²) in [6.07, 6.45) is 4.72. The van der Waals surface area contributed by atoms with Gasteiger partial charge in [-0.1, -0.05) is 45.7 Å². The monoisotopic (exact) mass is 288 g/mol. The lowest BCUT2D eigenvalue weighted by molar-refractivity contribution is 0.0932. The highest BCUT2D eigenvalue weighted by Crippen LogP contribution is 2.36. The van der Waals surface area contributed by atoms with Crippen LogP contribution in [0, 0.1) is 5.41 Å². The summed E-state index contributed by atoms with van der Waals surface area (Å²) in [6.45, 7) is 7.88. The van der Waals surface area contributed by atoms with Gasteiger partial charge in [-0.15, -0.1) is 0 Å². The van der Waals surface area contributed by atoms with Crippen LogP contribution in [-0.2, 0) is 5.41 Å². The van der Waals surface area contributed by atoms with Crippen molar-refractivity contribution in [2.45, 2.75) is 51.9 Å². The van der Waals surface area contributed by atoms with E-state index < -0.39 is 0 Å². The van der Waals surface area contributed by atoms with Gasteiger partial charge in [0.1, 0.15) is 0 Å². The number of hydrogen-bond acceptors (Lipinski definition) is 2.